The molecule has 0 radical (unpaired) electrons. The minimum absolute atomic E-state index is 0.00651. The topological polar surface area (TPSA) is 104 Å². The summed E-state index contributed by atoms with van der Waals surface area (Å²) in [7, 11) is 0. The first-order valence-electron chi connectivity index (χ1n) is 8.11. The number of anilines is 1. The molecule has 1 aliphatic rings. The molecule has 0 saturated heterocycles. The summed E-state index contributed by atoms with van der Waals surface area (Å²) in [5, 5.41) is 0. The number of pyridine rings is 1. The highest BCUT2D eigenvalue weighted by Gasteiger charge is 2.33. The molecule has 0 bridgehead atoms. The van der Waals surface area contributed by atoms with E-state index >= 15 is 0 Å². The van der Waals surface area contributed by atoms with E-state index in [-0.39, 0.29) is 24.1 Å². The van der Waals surface area contributed by atoms with Gasteiger partial charge in [-0.1, -0.05) is 12.1 Å². The molecule has 4 rings (SSSR count). The van der Waals surface area contributed by atoms with Crippen LogP contribution in [0.2, 0.25) is 0 Å². The first-order chi connectivity index (χ1) is 13.0. The normalized spacial score (nSPS) is 16.0. The van der Waals surface area contributed by atoms with Crippen molar-refractivity contribution in [3.63, 3.8) is 0 Å². The third kappa shape index (κ3) is 3.14. The zero-order valence-electron chi connectivity index (χ0n) is 14.3. The largest absolute Gasteiger partial charge is 0.417 e. The van der Waals surface area contributed by atoms with Gasteiger partial charge in [0.2, 0.25) is 0 Å². The van der Waals surface area contributed by atoms with Crippen LogP contribution in [0.5, 0.6) is 17.6 Å². The van der Waals surface area contributed by atoms with Crippen molar-refractivity contribution < 1.29 is 23.1 Å². The molecule has 0 unspecified atom stereocenters. The van der Waals surface area contributed by atoms with E-state index in [1.54, 1.807) is 19.1 Å². The second-order valence-corrected chi connectivity index (χ2v) is 5.95. The molecular formula is C18H15FN4O4. The van der Waals surface area contributed by atoms with E-state index < -0.39 is 18.0 Å². The van der Waals surface area contributed by atoms with Crippen LogP contribution in [-0.4, -0.2) is 21.0 Å². The first-order valence-corrected chi connectivity index (χ1v) is 8.11. The smallest absolute Gasteiger partial charge is 0.416 e. The molecule has 9 heteroatoms. The fourth-order valence-corrected chi connectivity index (χ4v) is 2.82. The lowest BCUT2D eigenvalue weighted by atomic mass is 10.1. The maximum atomic E-state index is 14.2. The molecule has 1 amide bonds. The molecule has 0 fully saturated rings. The Hall–Kier alpha value is -3.62. The van der Waals surface area contributed by atoms with Gasteiger partial charge in [0.15, 0.2) is 17.3 Å². The van der Waals surface area contributed by atoms with Crippen molar-refractivity contribution in [2.24, 2.45) is 0 Å². The summed E-state index contributed by atoms with van der Waals surface area (Å²) in [4.78, 5) is 22.0. The molecule has 2 N–H and O–H groups in total. The van der Waals surface area contributed by atoms with Gasteiger partial charge in [0, 0.05) is 11.6 Å². The zero-order valence-corrected chi connectivity index (χ0v) is 14.3. The van der Waals surface area contributed by atoms with Crippen molar-refractivity contribution in [1.82, 2.24) is 14.9 Å². The summed E-state index contributed by atoms with van der Waals surface area (Å²) in [6, 6.07) is 5.76. The number of aromatic nitrogens is 2. The predicted octanol–water partition coefficient (Wildman–Crippen LogP) is 3.66. The minimum Gasteiger partial charge on any atom is -0.417 e. The second-order valence-electron chi connectivity index (χ2n) is 5.95. The highest BCUT2D eigenvalue weighted by Crippen LogP contribution is 2.37. The summed E-state index contributed by atoms with van der Waals surface area (Å²) in [5.74, 6) is 0.0262. The first kappa shape index (κ1) is 16.8. The van der Waals surface area contributed by atoms with Gasteiger partial charge in [-0.3, -0.25) is 9.88 Å². The van der Waals surface area contributed by atoms with E-state index in [4.69, 9.17) is 19.6 Å². The SMILES string of the molecule is C[C@@H]1c2ncc(Oc3ncco3)cc2OC(=O)N1Cc1cccc(N)c1F. The minimum atomic E-state index is -0.619. The highest BCUT2D eigenvalue weighted by atomic mass is 19.1. The fourth-order valence-electron chi connectivity index (χ4n) is 2.82. The Bertz CT molecular complexity index is 993. The van der Waals surface area contributed by atoms with Gasteiger partial charge in [-0.15, -0.1) is 0 Å². The fraction of sp³-hybridized carbons (Fsp3) is 0.167. The molecule has 1 aliphatic heterocycles. The number of benzene rings is 1. The lowest BCUT2D eigenvalue weighted by Gasteiger charge is -2.33. The zero-order chi connectivity index (χ0) is 19.0. The Morgan fingerprint density at radius 1 is 1.37 bits per heavy atom. The Kier molecular flexibility index (Phi) is 4.11. The van der Waals surface area contributed by atoms with Gasteiger partial charge in [-0.2, -0.15) is 4.98 Å². The second kappa shape index (κ2) is 6.60. The molecule has 27 heavy (non-hydrogen) atoms. The third-order valence-corrected chi connectivity index (χ3v) is 4.22. The number of hydrogen-bond acceptors (Lipinski definition) is 7. The van der Waals surface area contributed by atoms with Crippen molar-refractivity contribution in [3.05, 3.63) is 60.0 Å². The van der Waals surface area contributed by atoms with Gasteiger partial charge < -0.3 is 19.6 Å². The van der Waals surface area contributed by atoms with Crippen LogP contribution in [0.15, 0.2) is 47.3 Å². The summed E-state index contributed by atoms with van der Waals surface area (Å²) in [6.45, 7) is 1.79. The van der Waals surface area contributed by atoms with Crippen molar-refractivity contribution in [1.29, 1.82) is 0 Å². The Balaban J connectivity index is 1.59. The number of carbonyl (C=O) groups is 1. The summed E-state index contributed by atoms with van der Waals surface area (Å²) >= 11 is 0. The summed E-state index contributed by atoms with van der Waals surface area (Å²) in [5.41, 5.74) is 6.44. The lowest BCUT2D eigenvalue weighted by Crippen LogP contribution is -2.39. The van der Waals surface area contributed by atoms with E-state index in [0.29, 0.717) is 17.0 Å². The predicted molar refractivity (Wildman–Crippen MR) is 91.6 cm³/mol. The van der Waals surface area contributed by atoms with E-state index in [0.717, 1.165) is 0 Å². The van der Waals surface area contributed by atoms with Gasteiger partial charge in [0.1, 0.15) is 12.0 Å². The third-order valence-electron chi connectivity index (χ3n) is 4.22. The van der Waals surface area contributed by atoms with Gasteiger partial charge in [0.25, 0.3) is 0 Å². The van der Waals surface area contributed by atoms with E-state index in [2.05, 4.69) is 9.97 Å². The van der Waals surface area contributed by atoms with Gasteiger partial charge in [-0.05, 0) is 13.0 Å². The van der Waals surface area contributed by atoms with Crippen LogP contribution >= 0.6 is 0 Å². The van der Waals surface area contributed by atoms with Crippen LogP contribution in [0.25, 0.3) is 0 Å². The van der Waals surface area contributed by atoms with Crippen LogP contribution in [0.4, 0.5) is 14.9 Å². The standard InChI is InChI=1S/C18H15FN4O4/c1-10-16-14(7-12(8-22-16)26-17-21-5-6-25-17)27-18(24)23(10)9-11-3-2-4-13(20)15(11)19/h2-8,10H,9,20H2,1H3/t10-/m1/s1. The maximum absolute atomic E-state index is 14.2. The summed E-state index contributed by atoms with van der Waals surface area (Å²) < 4.78 is 29.9. The molecule has 2 aromatic heterocycles. The number of carbonyl (C=O) groups excluding carboxylic acids is 1. The number of nitrogen functional groups attached to an aromatic ring is 1. The molecule has 0 spiro atoms. The number of oxazole rings is 1. The van der Waals surface area contributed by atoms with E-state index in [9.17, 15) is 9.18 Å². The number of hydrogen-bond donors (Lipinski definition) is 1. The summed E-state index contributed by atoms with van der Waals surface area (Å²) in [6.07, 6.45) is 3.71. The van der Waals surface area contributed by atoms with Crippen molar-refractivity contribution in [2.75, 3.05) is 5.73 Å². The molecule has 3 aromatic rings. The van der Waals surface area contributed by atoms with Crippen LogP contribution < -0.4 is 15.2 Å². The van der Waals surface area contributed by atoms with E-state index in [1.165, 1.54) is 35.7 Å². The molecule has 8 nitrogen and oxygen atoms in total. The number of halogens is 1. The Labute approximate surface area is 153 Å². The monoisotopic (exact) mass is 370 g/mol. The average molecular weight is 370 g/mol. The molecule has 0 saturated carbocycles. The molecule has 1 atom stereocenters. The van der Waals surface area contributed by atoms with Gasteiger partial charge >= 0.3 is 12.2 Å². The molecule has 1 aromatic carbocycles. The van der Waals surface area contributed by atoms with Crippen LogP contribution in [0.1, 0.15) is 24.2 Å². The van der Waals surface area contributed by atoms with Crippen LogP contribution in [0.3, 0.4) is 0 Å². The Morgan fingerprint density at radius 2 is 2.22 bits per heavy atom. The van der Waals surface area contributed by atoms with E-state index in [1.807, 2.05) is 0 Å². The van der Waals surface area contributed by atoms with Crippen molar-refractivity contribution in [3.8, 4) is 17.6 Å². The van der Waals surface area contributed by atoms with Gasteiger partial charge in [-0.25, -0.2) is 9.18 Å². The molecule has 3 heterocycles. The lowest BCUT2D eigenvalue weighted by molar-refractivity contribution is 0.114. The quantitative estimate of drug-likeness (QED) is 0.699. The van der Waals surface area contributed by atoms with Crippen molar-refractivity contribution >= 4 is 11.8 Å². The van der Waals surface area contributed by atoms with Crippen molar-refractivity contribution in [2.45, 2.75) is 19.5 Å². The van der Waals surface area contributed by atoms with Crippen LogP contribution in [0, 0.1) is 5.82 Å². The number of ether oxygens (including phenoxy) is 2. The maximum Gasteiger partial charge on any atom is 0.416 e. The highest BCUT2D eigenvalue weighted by molar-refractivity contribution is 5.74. The number of nitrogens with two attached hydrogens (primary N) is 1. The van der Waals surface area contributed by atoms with Gasteiger partial charge in [0.05, 0.1) is 30.7 Å². The molecular weight excluding hydrogens is 355 g/mol. The average Bonchev–Trinajstić information content (AvgIpc) is 3.15. The number of amides is 1. The molecule has 138 valence electrons. The number of rotatable bonds is 4. The number of nitrogens with zero attached hydrogens (tertiary/aromatic N) is 3. The molecule has 0 aliphatic carbocycles. The van der Waals surface area contributed by atoms with Crippen LogP contribution in [-0.2, 0) is 6.54 Å². The Morgan fingerprint density at radius 3 is 3.00 bits per heavy atom. The number of fused-ring (bicyclic) bond motifs is 1.